The molecule has 8 nitrogen and oxygen atoms in total. The van der Waals surface area contributed by atoms with Gasteiger partial charge in [0.15, 0.2) is 5.88 Å². The predicted octanol–water partition coefficient (Wildman–Crippen LogP) is 6.68. The van der Waals surface area contributed by atoms with E-state index in [4.69, 9.17) is 24.1 Å². The molecular weight excluding hydrogens is 498 g/mol. The zero-order valence-corrected chi connectivity index (χ0v) is 24.5. The first kappa shape index (κ1) is 31.5. The normalized spacial score (nSPS) is 12.1. The van der Waals surface area contributed by atoms with E-state index in [0.717, 1.165) is 30.2 Å². The third-order valence-electron chi connectivity index (χ3n) is 7.08. The quantitative estimate of drug-likeness (QED) is 0.111. The van der Waals surface area contributed by atoms with Crippen molar-refractivity contribution < 1.29 is 33.6 Å². The molecule has 39 heavy (non-hydrogen) atoms. The molecule has 2 aromatic rings. The van der Waals surface area contributed by atoms with E-state index < -0.39 is 11.9 Å². The summed E-state index contributed by atoms with van der Waals surface area (Å²) in [4.78, 5) is 23.9. The SMILES string of the molecule is CCO/C(=C\C(=O)O)Nc1cc(C(=O)OCCOc2ccc(C(C)(C)CC)cc2C(C)(C)CC)ccc1OC. The number of nitrogens with one attached hydrogen (secondary N) is 1. The van der Waals surface area contributed by atoms with E-state index in [9.17, 15) is 9.59 Å². The zero-order valence-electron chi connectivity index (χ0n) is 24.5. The van der Waals surface area contributed by atoms with E-state index in [0.29, 0.717) is 11.4 Å². The van der Waals surface area contributed by atoms with E-state index in [-0.39, 0.29) is 42.1 Å². The lowest BCUT2D eigenvalue weighted by molar-refractivity contribution is -0.131. The van der Waals surface area contributed by atoms with Gasteiger partial charge in [0.05, 0.1) is 31.0 Å². The first-order valence-electron chi connectivity index (χ1n) is 13.4. The van der Waals surface area contributed by atoms with Crippen LogP contribution in [0.5, 0.6) is 11.5 Å². The van der Waals surface area contributed by atoms with Crippen LogP contribution in [0.3, 0.4) is 0 Å². The summed E-state index contributed by atoms with van der Waals surface area (Å²) < 4.78 is 22.2. The van der Waals surface area contributed by atoms with Gasteiger partial charge in [-0.3, -0.25) is 0 Å². The minimum atomic E-state index is -1.17. The van der Waals surface area contributed by atoms with Crippen molar-refractivity contribution in [1.29, 1.82) is 0 Å². The highest BCUT2D eigenvalue weighted by atomic mass is 16.6. The fourth-order valence-electron chi connectivity index (χ4n) is 3.82. The van der Waals surface area contributed by atoms with Crippen LogP contribution in [0, 0.1) is 0 Å². The maximum Gasteiger partial charge on any atom is 0.338 e. The zero-order chi connectivity index (χ0) is 29.2. The number of carbonyl (C=O) groups excluding carboxylic acids is 1. The number of carboxylic acids is 1. The Hall–Kier alpha value is -3.68. The number of benzene rings is 2. The molecule has 0 heterocycles. The van der Waals surface area contributed by atoms with Crippen molar-refractivity contribution in [3.63, 3.8) is 0 Å². The van der Waals surface area contributed by atoms with E-state index >= 15 is 0 Å². The maximum atomic E-state index is 12.8. The molecule has 0 bridgehead atoms. The molecule has 0 saturated carbocycles. The second-order valence-electron chi connectivity index (χ2n) is 10.5. The summed E-state index contributed by atoms with van der Waals surface area (Å²) in [6, 6.07) is 11.1. The van der Waals surface area contributed by atoms with Crippen LogP contribution >= 0.6 is 0 Å². The number of aliphatic carboxylic acids is 1. The number of ether oxygens (including phenoxy) is 4. The number of hydrogen-bond acceptors (Lipinski definition) is 7. The number of esters is 1. The highest BCUT2D eigenvalue weighted by Gasteiger charge is 2.26. The van der Waals surface area contributed by atoms with E-state index in [1.165, 1.54) is 18.7 Å². The Morgan fingerprint density at radius 2 is 1.56 bits per heavy atom. The Morgan fingerprint density at radius 3 is 2.15 bits per heavy atom. The molecule has 214 valence electrons. The highest BCUT2D eigenvalue weighted by Crippen LogP contribution is 2.38. The summed E-state index contributed by atoms with van der Waals surface area (Å²) in [5, 5.41) is 11.9. The molecule has 0 atom stereocenters. The summed E-state index contributed by atoms with van der Waals surface area (Å²) in [5.74, 6) is -0.500. The fraction of sp³-hybridized carbons (Fsp3) is 0.484. The molecule has 2 N–H and O–H groups in total. The summed E-state index contributed by atoms with van der Waals surface area (Å²) in [6.07, 6.45) is 2.88. The molecule has 0 amide bonds. The van der Waals surface area contributed by atoms with Crippen LogP contribution in [0.2, 0.25) is 0 Å². The number of rotatable bonds is 15. The van der Waals surface area contributed by atoms with Gasteiger partial charge in [-0.15, -0.1) is 0 Å². The van der Waals surface area contributed by atoms with Crippen molar-refractivity contribution in [3.05, 3.63) is 65.0 Å². The predicted molar refractivity (Wildman–Crippen MR) is 153 cm³/mol. The Balaban J connectivity index is 2.13. The van der Waals surface area contributed by atoms with Crippen LogP contribution in [0.4, 0.5) is 5.69 Å². The van der Waals surface area contributed by atoms with Gasteiger partial charge in [0, 0.05) is 5.56 Å². The van der Waals surface area contributed by atoms with Crippen molar-refractivity contribution in [3.8, 4) is 11.5 Å². The molecule has 0 aromatic heterocycles. The average Bonchev–Trinajstić information content (AvgIpc) is 2.90. The van der Waals surface area contributed by atoms with Gasteiger partial charge in [-0.1, -0.05) is 53.7 Å². The summed E-state index contributed by atoms with van der Waals surface area (Å²) in [7, 11) is 1.47. The maximum absolute atomic E-state index is 12.8. The van der Waals surface area contributed by atoms with E-state index in [1.807, 2.05) is 6.07 Å². The van der Waals surface area contributed by atoms with E-state index in [2.05, 4.69) is 59.0 Å². The first-order valence-corrected chi connectivity index (χ1v) is 13.4. The molecule has 2 aromatic carbocycles. The van der Waals surface area contributed by atoms with Gasteiger partial charge < -0.3 is 29.4 Å². The molecule has 8 heteroatoms. The van der Waals surface area contributed by atoms with Crippen molar-refractivity contribution >= 4 is 17.6 Å². The summed E-state index contributed by atoms with van der Waals surface area (Å²) >= 11 is 0. The monoisotopic (exact) mass is 541 g/mol. The molecule has 0 unspecified atom stereocenters. The number of hydrogen-bond donors (Lipinski definition) is 2. The summed E-state index contributed by atoms with van der Waals surface area (Å²) in [6.45, 7) is 15.5. The smallest absolute Gasteiger partial charge is 0.338 e. The van der Waals surface area contributed by atoms with Gasteiger partial charge >= 0.3 is 11.9 Å². The molecule has 0 fully saturated rings. The lowest BCUT2D eigenvalue weighted by Crippen LogP contribution is -2.22. The lowest BCUT2D eigenvalue weighted by Gasteiger charge is -2.30. The third-order valence-corrected chi connectivity index (χ3v) is 7.08. The Bertz CT molecular complexity index is 1170. The third kappa shape index (κ3) is 8.67. The van der Waals surface area contributed by atoms with Gasteiger partial charge in [-0.2, -0.15) is 0 Å². The minimum absolute atomic E-state index is 0.0152. The second kappa shape index (κ2) is 13.9. The van der Waals surface area contributed by atoms with Gasteiger partial charge in [0.25, 0.3) is 0 Å². The first-order chi connectivity index (χ1) is 18.4. The molecule has 0 aliphatic carbocycles. The Labute approximate surface area is 232 Å². The highest BCUT2D eigenvalue weighted by molar-refractivity contribution is 5.91. The van der Waals surface area contributed by atoms with Gasteiger partial charge in [-0.05, 0) is 60.4 Å². The van der Waals surface area contributed by atoms with Crippen LogP contribution in [0.1, 0.15) is 82.8 Å². The van der Waals surface area contributed by atoms with Crippen LogP contribution in [-0.2, 0) is 25.1 Å². The van der Waals surface area contributed by atoms with Crippen molar-refractivity contribution in [2.24, 2.45) is 0 Å². The largest absolute Gasteiger partial charge is 0.495 e. The standard InChI is InChI=1S/C31H43NO7/c1-9-30(4,5)22-13-15-25(23(19-22)31(6,7)10-2)38-16-17-39-29(35)21-12-14-26(36-8)24(18-21)32-27(37-11-3)20-28(33)34/h12-15,18-20,32H,9-11,16-17H2,1-8H3,(H,33,34)/b27-20-. The van der Waals surface area contributed by atoms with Gasteiger partial charge in [0.2, 0.25) is 0 Å². The van der Waals surface area contributed by atoms with Gasteiger partial charge in [-0.25, -0.2) is 9.59 Å². The van der Waals surface area contributed by atoms with Gasteiger partial charge in [0.1, 0.15) is 24.7 Å². The van der Waals surface area contributed by atoms with Crippen LogP contribution in [0.25, 0.3) is 0 Å². The number of anilines is 1. The number of carbonyl (C=O) groups is 2. The molecule has 0 aliphatic heterocycles. The fourth-order valence-corrected chi connectivity index (χ4v) is 3.82. The topological polar surface area (TPSA) is 103 Å². The molecule has 0 radical (unpaired) electrons. The molecule has 2 rings (SSSR count). The Morgan fingerprint density at radius 1 is 0.897 bits per heavy atom. The minimum Gasteiger partial charge on any atom is -0.495 e. The van der Waals surface area contributed by atoms with Crippen molar-refractivity contribution in [2.45, 2.75) is 72.1 Å². The van der Waals surface area contributed by atoms with E-state index in [1.54, 1.807) is 19.1 Å². The van der Waals surface area contributed by atoms with Crippen LogP contribution in [0.15, 0.2) is 48.4 Å². The second-order valence-corrected chi connectivity index (χ2v) is 10.5. The molecule has 0 spiro atoms. The molecular formula is C31H43NO7. The van der Waals surface area contributed by atoms with Crippen molar-refractivity contribution in [2.75, 3.05) is 32.2 Å². The lowest BCUT2D eigenvalue weighted by atomic mass is 9.76. The number of carboxylic acid groups (broad SMARTS) is 1. The van der Waals surface area contributed by atoms with Crippen LogP contribution in [-0.4, -0.2) is 44.0 Å². The van der Waals surface area contributed by atoms with Crippen molar-refractivity contribution in [1.82, 2.24) is 0 Å². The molecule has 0 saturated heterocycles. The molecule has 0 aliphatic rings. The average molecular weight is 542 g/mol. The number of methoxy groups -OCH3 is 1. The summed E-state index contributed by atoms with van der Waals surface area (Å²) in [5.41, 5.74) is 3.03. The Kier molecular flexibility index (Phi) is 11.3. The van der Waals surface area contributed by atoms with Crippen LogP contribution < -0.4 is 14.8 Å².